The molecule has 1 fully saturated rings. The van der Waals surface area contributed by atoms with Gasteiger partial charge in [0.2, 0.25) is 0 Å². The second kappa shape index (κ2) is 36.0. The molecule has 0 bridgehead atoms. The summed E-state index contributed by atoms with van der Waals surface area (Å²) in [5.74, 6) is 0. The summed E-state index contributed by atoms with van der Waals surface area (Å²) in [5, 5.41) is 0. The van der Waals surface area contributed by atoms with Crippen molar-refractivity contribution in [1.29, 1.82) is 0 Å². The first-order chi connectivity index (χ1) is 21.4. The number of nitrogens with zero attached hydrogens (tertiary/aromatic N) is 1. The molecule has 0 N–H and O–H groups in total. The molecule has 0 aromatic carbocycles. The predicted molar refractivity (Wildman–Crippen MR) is 161 cm³/mol. The molecule has 1 saturated heterocycles. The highest BCUT2D eigenvalue weighted by Gasteiger charge is 2.00. The summed E-state index contributed by atoms with van der Waals surface area (Å²) >= 11 is 0. The summed E-state index contributed by atoms with van der Waals surface area (Å²) in [6.45, 7) is 15.5. The van der Waals surface area contributed by atoms with Crippen molar-refractivity contribution in [3.63, 3.8) is 0 Å². The zero-order valence-electron chi connectivity index (χ0n) is 26.9. The van der Waals surface area contributed by atoms with Gasteiger partial charge in [0.05, 0.1) is 145 Å². The van der Waals surface area contributed by atoms with Gasteiger partial charge in [-0.15, -0.1) is 0 Å². The van der Waals surface area contributed by atoms with Gasteiger partial charge < -0.3 is 61.7 Å². The van der Waals surface area contributed by atoms with Gasteiger partial charge in [0.25, 0.3) is 0 Å². The zero-order chi connectivity index (χ0) is 30.6. The smallest absolute Gasteiger partial charge is 0.0701 e. The predicted octanol–water partition coefficient (Wildman–Crippen LogP) is 1.30. The molecule has 0 atom stereocenters. The maximum absolute atomic E-state index is 5.64. The molecular formula is C30H61NO12. The molecule has 0 saturated carbocycles. The highest BCUT2D eigenvalue weighted by molar-refractivity contribution is 4.50. The Morgan fingerprint density at radius 2 is 0.419 bits per heavy atom. The molecule has 0 aromatic heterocycles. The molecule has 0 amide bonds. The molecule has 0 radical (unpaired) electrons. The minimum atomic E-state index is 0.528. The number of ether oxygens (including phenoxy) is 12. The first-order valence-electron chi connectivity index (χ1n) is 16.0. The van der Waals surface area contributed by atoms with E-state index in [2.05, 4.69) is 11.9 Å². The van der Waals surface area contributed by atoms with Crippen molar-refractivity contribution >= 4 is 0 Å². The Hall–Kier alpha value is -0.520. The fourth-order valence-corrected chi connectivity index (χ4v) is 3.54. The van der Waals surface area contributed by atoms with E-state index in [1.807, 2.05) is 0 Å². The van der Waals surface area contributed by atoms with Crippen LogP contribution in [0.5, 0.6) is 0 Å². The number of likely N-dealkylation sites (N-methyl/N-ethyl adjacent to an activating group) is 1. The van der Waals surface area contributed by atoms with Crippen molar-refractivity contribution in [2.75, 3.05) is 179 Å². The molecule has 13 nitrogen and oxygen atoms in total. The van der Waals surface area contributed by atoms with E-state index in [1.54, 1.807) is 0 Å². The first-order valence-corrected chi connectivity index (χ1v) is 16.0. The Balaban J connectivity index is 2.04. The molecule has 1 heterocycles. The Labute approximate surface area is 259 Å². The lowest BCUT2D eigenvalue weighted by molar-refractivity contribution is -0.0237. The van der Waals surface area contributed by atoms with Gasteiger partial charge in [-0.1, -0.05) is 0 Å². The minimum absolute atomic E-state index is 0.528. The molecule has 0 unspecified atom stereocenters. The second-order valence-corrected chi connectivity index (χ2v) is 9.71. The number of hydrogen-bond donors (Lipinski definition) is 0. The lowest BCUT2D eigenvalue weighted by atomic mass is 10.2. The van der Waals surface area contributed by atoms with Crippen molar-refractivity contribution in [2.24, 2.45) is 0 Å². The van der Waals surface area contributed by atoms with Crippen LogP contribution in [0.3, 0.4) is 0 Å². The highest BCUT2D eigenvalue weighted by Crippen LogP contribution is 1.97. The van der Waals surface area contributed by atoms with E-state index in [1.165, 1.54) is 0 Å². The summed E-state index contributed by atoms with van der Waals surface area (Å²) < 4.78 is 66.6. The summed E-state index contributed by atoms with van der Waals surface area (Å²) in [6.07, 6.45) is 3.11. The van der Waals surface area contributed by atoms with Crippen LogP contribution < -0.4 is 0 Å². The molecule has 0 spiro atoms. The molecule has 0 aromatic rings. The third kappa shape index (κ3) is 34.2. The summed E-state index contributed by atoms with van der Waals surface area (Å²) in [4.78, 5) is 2.18. The lowest BCUT2D eigenvalue weighted by Crippen LogP contribution is -2.28. The normalized spacial score (nSPS) is 24.2. The van der Waals surface area contributed by atoms with Crippen molar-refractivity contribution in [2.45, 2.75) is 19.3 Å². The molecule has 1 aliphatic heterocycles. The van der Waals surface area contributed by atoms with Crippen LogP contribution in [0.2, 0.25) is 0 Å². The van der Waals surface area contributed by atoms with Gasteiger partial charge in [0, 0.05) is 26.3 Å². The van der Waals surface area contributed by atoms with Gasteiger partial charge in [0.1, 0.15) is 0 Å². The molecule has 1 aliphatic rings. The fourth-order valence-electron chi connectivity index (χ4n) is 3.54. The van der Waals surface area contributed by atoms with Crippen molar-refractivity contribution in [3.05, 3.63) is 0 Å². The van der Waals surface area contributed by atoms with Crippen molar-refractivity contribution < 1.29 is 56.8 Å². The standard InChI is InChI=1S/C30H61NO12/c1-31-5-9-34-13-17-38-21-19-36-15-11-32-7-3-2-4-8-33-12-16-37-20-23-40-25-27-42-29-30-43-28-26-41-24-22-39-18-14-35-10-6-31/h2-30H2,1H3. The van der Waals surface area contributed by atoms with E-state index in [0.717, 1.165) is 45.6 Å². The topological polar surface area (TPSA) is 114 Å². The van der Waals surface area contributed by atoms with Crippen LogP contribution in [0.25, 0.3) is 0 Å². The minimum Gasteiger partial charge on any atom is -0.379 e. The maximum atomic E-state index is 5.64. The third-order valence-corrected chi connectivity index (χ3v) is 6.03. The van der Waals surface area contributed by atoms with Crippen LogP contribution in [0.15, 0.2) is 0 Å². The van der Waals surface area contributed by atoms with Crippen LogP contribution in [0, 0.1) is 0 Å². The van der Waals surface area contributed by atoms with Gasteiger partial charge in [-0.25, -0.2) is 0 Å². The molecule has 258 valence electrons. The van der Waals surface area contributed by atoms with Crippen LogP contribution in [-0.2, 0) is 56.8 Å². The van der Waals surface area contributed by atoms with Gasteiger partial charge >= 0.3 is 0 Å². The second-order valence-electron chi connectivity index (χ2n) is 9.71. The largest absolute Gasteiger partial charge is 0.379 e. The molecule has 1 rings (SSSR count). The van der Waals surface area contributed by atoms with E-state index in [-0.39, 0.29) is 0 Å². The van der Waals surface area contributed by atoms with E-state index >= 15 is 0 Å². The van der Waals surface area contributed by atoms with E-state index in [4.69, 9.17) is 56.8 Å². The van der Waals surface area contributed by atoms with Crippen LogP contribution in [0.4, 0.5) is 0 Å². The maximum Gasteiger partial charge on any atom is 0.0701 e. The SMILES string of the molecule is CN1CCOCCOCCOCCOCCCCCOCCOCCOCCOCCOCCOCCOCCOCC1. The summed E-state index contributed by atoms with van der Waals surface area (Å²) in [7, 11) is 2.05. The third-order valence-electron chi connectivity index (χ3n) is 6.03. The Morgan fingerprint density at radius 1 is 0.233 bits per heavy atom. The monoisotopic (exact) mass is 627 g/mol. The van der Waals surface area contributed by atoms with E-state index in [9.17, 15) is 0 Å². The Bertz CT molecular complexity index is 482. The Morgan fingerprint density at radius 3 is 0.651 bits per heavy atom. The van der Waals surface area contributed by atoms with Gasteiger partial charge in [-0.3, -0.25) is 0 Å². The van der Waals surface area contributed by atoms with Gasteiger partial charge in [0.15, 0.2) is 0 Å². The molecule has 13 heteroatoms. The van der Waals surface area contributed by atoms with Crippen LogP contribution in [-0.4, -0.2) is 184 Å². The quantitative estimate of drug-likeness (QED) is 0.385. The molecule has 0 aliphatic carbocycles. The fraction of sp³-hybridized carbons (Fsp3) is 1.00. The van der Waals surface area contributed by atoms with E-state index in [0.29, 0.717) is 145 Å². The average molecular weight is 628 g/mol. The Kier molecular flexibility index (Phi) is 33.9. The summed E-state index contributed by atoms with van der Waals surface area (Å²) in [5.41, 5.74) is 0. The van der Waals surface area contributed by atoms with Crippen LogP contribution in [0.1, 0.15) is 19.3 Å². The van der Waals surface area contributed by atoms with Crippen LogP contribution >= 0.6 is 0 Å². The van der Waals surface area contributed by atoms with Gasteiger partial charge in [-0.05, 0) is 26.3 Å². The van der Waals surface area contributed by atoms with E-state index < -0.39 is 0 Å². The number of hydrogen-bond acceptors (Lipinski definition) is 13. The highest BCUT2D eigenvalue weighted by atomic mass is 16.6. The van der Waals surface area contributed by atoms with Crippen molar-refractivity contribution in [3.8, 4) is 0 Å². The molecule has 43 heavy (non-hydrogen) atoms. The molecular weight excluding hydrogens is 566 g/mol. The summed E-state index contributed by atoms with van der Waals surface area (Å²) in [6, 6.07) is 0. The lowest BCUT2D eigenvalue weighted by Gasteiger charge is -2.16. The van der Waals surface area contributed by atoms with Gasteiger partial charge in [-0.2, -0.15) is 0 Å². The average Bonchev–Trinajstić information content (AvgIpc) is 3.01. The number of rotatable bonds is 0. The zero-order valence-corrected chi connectivity index (χ0v) is 26.9. The van der Waals surface area contributed by atoms with Crippen molar-refractivity contribution in [1.82, 2.24) is 4.90 Å². The first kappa shape index (κ1) is 40.5.